The number of phosphoric ester groups is 1. The molecule has 0 bridgehead atoms. The Morgan fingerprint density at radius 1 is 0.444 bits per heavy atom. The number of esters is 1. The zero-order valence-electron chi connectivity index (χ0n) is 54.0. The third kappa shape index (κ3) is 61.8. The molecule has 0 radical (unpaired) electrons. The summed E-state index contributed by atoms with van der Waals surface area (Å²) < 4.78 is 30.8. The Balaban J connectivity index is 5.08. The van der Waals surface area contributed by atoms with Gasteiger partial charge in [-0.05, 0) is 76.7 Å². The Morgan fingerprint density at radius 3 is 1.19 bits per heavy atom. The molecule has 0 heterocycles. The number of carbonyl (C=O) groups excluding carboxylic acids is 2. The molecule has 0 rings (SSSR count). The fraction of sp³-hybridized carbons (Fsp3) is 0.803. The van der Waals surface area contributed by atoms with E-state index in [0.717, 1.165) is 89.9 Å². The Morgan fingerprint density at radius 2 is 0.790 bits per heavy atom. The van der Waals surface area contributed by atoms with E-state index in [1.165, 1.54) is 193 Å². The summed E-state index contributed by atoms with van der Waals surface area (Å²) >= 11 is 0. The number of unbranched alkanes of at least 4 members (excludes halogenated alkanes) is 36. The molecular formula is C71H132N2O7P+. The first kappa shape index (κ1) is 78.5. The van der Waals surface area contributed by atoms with Crippen LogP contribution in [0.25, 0.3) is 0 Å². The summed E-state index contributed by atoms with van der Waals surface area (Å²) in [5, 5.41) is 3.07. The summed E-state index contributed by atoms with van der Waals surface area (Å²) in [6, 6.07) is -0.849. The van der Waals surface area contributed by atoms with Gasteiger partial charge < -0.3 is 19.4 Å². The van der Waals surface area contributed by atoms with Crippen LogP contribution in [0.2, 0.25) is 0 Å². The van der Waals surface area contributed by atoms with Crippen LogP contribution in [-0.2, 0) is 27.9 Å². The van der Waals surface area contributed by atoms with Gasteiger partial charge in [0, 0.05) is 12.8 Å². The van der Waals surface area contributed by atoms with E-state index in [0.29, 0.717) is 17.4 Å². The van der Waals surface area contributed by atoms with Gasteiger partial charge in [-0.1, -0.05) is 299 Å². The minimum absolute atomic E-state index is 0.0399. The second-order valence-corrected chi connectivity index (χ2v) is 25.8. The molecule has 0 spiro atoms. The number of allylic oxidation sites excluding steroid dienone is 11. The van der Waals surface area contributed by atoms with Crippen LogP contribution in [0.4, 0.5) is 0 Å². The van der Waals surface area contributed by atoms with Gasteiger partial charge in [-0.25, -0.2) is 4.57 Å². The van der Waals surface area contributed by atoms with Gasteiger partial charge in [0.25, 0.3) is 0 Å². The molecule has 0 aromatic heterocycles. The van der Waals surface area contributed by atoms with Crippen LogP contribution in [0.1, 0.15) is 316 Å². The van der Waals surface area contributed by atoms with E-state index in [-0.39, 0.29) is 31.5 Å². The first-order valence-electron chi connectivity index (χ1n) is 34.3. The normalized spacial score (nSPS) is 14.0. The summed E-state index contributed by atoms with van der Waals surface area (Å²) in [4.78, 5) is 37.8. The summed E-state index contributed by atoms with van der Waals surface area (Å²) in [5.41, 5.74) is 0. The Hall–Kier alpha value is -2.55. The third-order valence-electron chi connectivity index (χ3n) is 15.2. The van der Waals surface area contributed by atoms with Crippen LogP contribution >= 0.6 is 7.82 Å². The van der Waals surface area contributed by atoms with Gasteiger partial charge in [0.1, 0.15) is 19.3 Å². The van der Waals surface area contributed by atoms with Gasteiger partial charge in [0.2, 0.25) is 5.91 Å². The molecule has 0 saturated heterocycles. The zero-order valence-corrected chi connectivity index (χ0v) is 54.9. The van der Waals surface area contributed by atoms with Crippen molar-refractivity contribution in [1.29, 1.82) is 0 Å². The number of hydrogen-bond donors (Lipinski definition) is 2. The van der Waals surface area contributed by atoms with E-state index < -0.39 is 20.0 Å². The van der Waals surface area contributed by atoms with Gasteiger partial charge in [0.05, 0.1) is 33.8 Å². The fourth-order valence-electron chi connectivity index (χ4n) is 9.91. The minimum atomic E-state index is -4.45. The number of nitrogens with zero attached hydrogens (tertiary/aromatic N) is 1. The number of nitrogens with one attached hydrogen (secondary N) is 1. The SMILES string of the molecule is CC/C=C\C/C=C\C/C=C\C/C=C\C/C=C\CCCCCCCCCCCCCC(=O)OC(/C=C\CCCCCCCCCCCCC)C(COP(=O)(O)OCC[N+](C)(C)C)NC(=O)CCCCCCCCCCCCCCCCC. The van der Waals surface area contributed by atoms with Crippen molar-refractivity contribution in [1.82, 2.24) is 5.32 Å². The van der Waals surface area contributed by atoms with Crippen molar-refractivity contribution < 1.29 is 37.3 Å². The molecular weight excluding hydrogens is 1020 g/mol. The van der Waals surface area contributed by atoms with E-state index in [2.05, 4.69) is 86.8 Å². The summed E-state index contributed by atoms with van der Waals surface area (Å²) in [7, 11) is 1.50. The van der Waals surface area contributed by atoms with E-state index in [4.69, 9.17) is 13.8 Å². The van der Waals surface area contributed by atoms with Crippen LogP contribution < -0.4 is 5.32 Å². The van der Waals surface area contributed by atoms with E-state index in [9.17, 15) is 19.0 Å². The molecule has 2 N–H and O–H groups in total. The van der Waals surface area contributed by atoms with Crippen molar-refractivity contribution in [2.45, 2.75) is 328 Å². The molecule has 0 aliphatic heterocycles. The maximum absolute atomic E-state index is 13.6. The average Bonchev–Trinajstić information content (AvgIpc) is 3.44. The third-order valence-corrected chi connectivity index (χ3v) is 16.1. The lowest BCUT2D eigenvalue weighted by molar-refractivity contribution is -0.870. The van der Waals surface area contributed by atoms with Crippen molar-refractivity contribution in [2.75, 3.05) is 40.9 Å². The molecule has 0 fully saturated rings. The van der Waals surface area contributed by atoms with Crippen LogP contribution in [0.3, 0.4) is 0 Å². The van der Waals surface area contributed by atoms with Gasteiger partial charge in [-0.3, -0.25) is 18.6 Å². The Labute approximate surface area is 502 Å². The molecule has 9 nitrogen and oxygen atoms in total. The first-order chi connectivity index (χ1) is 39.4. The quantitative estimate of drug-likeness (QED) is 0.0205. The molecule has 0 saturated carbocycles. The lowest BCUT2D eigenvalue weighted by Gasteiger charge is -2.27. The number of likely N-dealkylation sites (N-methyl/N-ethyl adjacent to an activating group) is 1. The monoisotopic (exact) mass is 1160 g/mol. The fourth-order valence-corrected chi connectivity index (χ4v) is 10.6. The van der Waals surface area contributed by atoms with Crippen molar-refractivity contribution >= 4 is 19.7 Å². The molecule has 3 unspecified atom stereocenters. The molecule has 0 aromatic carbocycles. The van der Waals surface area contributed by atoms with E-state index in [1.54, 1.807) is 0 Å². The maximum atomic E-state index is 13.6. The van der Waals surface area contributed by atoms with Crippen molar-refractivity contribution in [2.24, 2.45) is 0 Å². The predicted molar refractivity (Wildman–Crippen MR) is 351 cm³/mol. The molecule has 3 atom stereocenters. The number of hydrogen-bond acceptors (Lipinski definition) is 6. The molecule has 0 aliphatic rings. The topological polar surface area (TPSA) is 111 Å². The highest BCUT2D eigenvalue weighted by molar-refractivity contribution is 7.47. The smallest absolute Gasteiger partial charge is 0.456 e. The number of rotatable bonds is 62. The Bertz CT molecular complexity index is 1620. The number of amides is 1. The van der Waals surface area contributed by atoms with E-state index in [1.807, 2.05) is 33.3 Å². The first-order valence-corrected chi connectivity index (χ1v) is 35.8. The molecule has 0 aromatic rings. The van der Waals surface area contributed by atoms with Crippen LogP contribution in [0, 0.1) is 0 Å². The van der Waals surface area contributed by atoms with Gasteiger partial charge >= 0.3 is 13.8 Å². The number of carbonyl (C=O) groups is 2. The predicted octanol–water partition coefficient (Wildman–Crippen LogP) is 21.6. The van der Waals surface area contributed by atoms with Crippen molar-refractivity contribution in [3.63, 3.8) is 0 Å². The van der Waals surface area contributed by atoms with Gasteiger partial charge in [-0.15, -0.1) is 0 Å². The zero-order chi connectivity index (χ0) is 59.3. The van der Waals surface area contributed by atoms with Gasteiger partial charge in [-0.2, -0.15) is 0 Å². The molecule has 0 aliphatic carbocycles. The highest BCUT2D eigenvalue weighted by atomic mass is 31.2. The van der Waals surface area contributed by atoms with Gasteiger partial charge in [0.15, 0.2) is 0 Å². The summed E-state index contributed by atoms with van der Waals surface area (Å²) in [6.07, 6.45) is 79.0. The van der Waals surface area contributed by atoms with Crippen molar-refractivity contribution in [3.8, 4) is 0 Å². The Kier molecular flexibility index (Phi) is 58.7. The summed E-state index contributed by atoms with van der Waals surface area (Å²) in [5.74, 6) is -0.497. The standard InChI is InChI=1S/C71H131N2O7P/c1-7-10-13-16-19-22-25-28-30-31-32-33-34-35-36-37-38-39-40-41-43-46-49-52-55-58-61-64-71(75)80-69(62-59-56-53-50-47-44-27-24-21-18-15-12-9-3)68(67-79-81(76,77)78-66-65-73(4,5)6)72-70(74)63-60-57-54-51-48-45-42-29-26-23-20-17-14-11-8-2/h10,13,19,22,28,30,32-33,35-36,59,62,68-69H,7-9,11-12,14-18,20-21,23-27,29,31,34,37-58,60-61,63-67H2,1-6H3,(H-,72,74,76,77)/p+1/b13-10-,22-19-,30-28-,33-32-,36-35-,62-59-. The van der Waals surface area contributed by atoms with Crippen LogP contribution in [0.15, 0.2) is 72.9 Å². The van der Waals surface area contributed by atoms with Crippen LogP contribution in [0.5, 0.6) is 0 Å². The lowest BCUT2D eigenvalue weighted by atomic mass is 10.0. The van der Waals surface area contributed by atoms with Crippen LogP contribution in [-0.4, -0.2) is 74.3 Å². The highest BCUT2D eigenvalue weighted by Crippen LogP contribution is 2.43. The van der Waals surface area contributed by atoms with E-state index >= 15 is 0 Å². The highest BCUT2D eigenvalue weighted by Gasteiger charge is 2.30. The molecule has 472 valence electrons. The maximum Gasteiger partial charge on any atom is 0.472 e. The average molecular weight is 1160 g/mol. The molecule has 10 heteroatoms. The minimum Gasteiger partial charge on any atom is -0.456 e. The largest absolute Gasteiger partial charge is 0.472 e. The second kappa shape index (κ2) is 60.6. The molecule has 81 heavy (non-hydrogen) atoms. The number of phosphoric acid groups is 1. The summed E-state index contributed by atoms with van der Waals surface area (Å²) in [6.45, 7) is 6.93. The number of ether oxygens (including phenoxy) is 1. The van der Waals surface area contributed by atoms with Crippen molar-refractivity contribution in [3.05, 3.63) is 72.9 Å². The second-order valence-electron chi connectivity index (χ2n) is 24.3. The molecule has 1 amide bonds. The lowest BCUT2D eigenvalue weighted by Crippen LogP contribution is -2.47. The number of quaternary nitrogens is 1.